The van der Waals surface area contributed by atoms with Gasteiger partial charge in [-0.15, -0.1) is 0 Å². The molecule has 118 valence electrons. The summed E-state index contributed by atoms with van der Waals surface area (Å²) < 4.78 is 1.00. The molecule has 0 atom stereocenters. The lowest BCUT2D eigenvalue weighted by atomic mass is 9.90. The highest BCUT2D eigenvalue weighted by atomic mass is 79.9. The van der Waals surface area contributed by atoms with E-state index in [1.165, 1.54) is 0 Å². The van der Waals surface area contributed by atoms with Crippen LogP contribution >= 0.6 is 15.9 Å². The summed E-state index contributed by atoms with van der Waals surface area (Å²) >= 11 is 3.48. The molecule has 1 heterocycles. The molecular weight excluding hydrogens is 346 g/mol. The summed E-state index contributed by atoms with van der Waals surface area (Å²) in [7, 11) is 0. The van der Waals surface area contributed by atoms with Crippen LogP contribution in [0.2, 0.25) is 0 Å². The van der Waals surface area contributed by atoms with Crippen LogP contribution in [0.15, 0.2) is 28.7 Å². The number of aliphatic carboxylic acids is 1. The maximum absolute atomic E-state index is 12.9. The number of nitrogens with zero attached hydrogens (tertiary/aromatic N) is 1. The number of rotatable bonds is 4. The molecule has 0 unspecified atom stereocenters. The van der Waals surface area contributed by atoms with Gasteiger partial charge in [-0.2, -0.15) is 0 Å². The highest BCUT2D eigenvalue weighted by molar-refractivity contribution is 9.10. The van der Waals surface area contributed by atoms with E-state index in [2.05, 4.69) is 15.9 Å². The van der Waals surface area contributed by atoms with E-state index in [9.17, 15) is 9.59 Å². The third-order valence-electron chi connectivity index (χ3n) is 4.90. The fourth-order valence-electron chi connectivity index (χ4n) is 3.43. The Morgan fingerprint density at radius 3 is 2.50 bits per heavy atom. The van der Waals surface area contributed by atoms with E-state index in [-0.39, 0.29) is 23.7 Å². The highest BCUT2D eigenvalue weighted by Crippen LogP contribution is 2.50. The molecule has 2 aliphatic rings. The third kappa shape index (κ3) is 3.05. The van der Waals surface area contributed by atoms with Crippen molar-refractivity contribution in [3.05, 3.63) is 34.3 Å². The van der Waals surface area contributed by atoms with Gasteiger partial charge in [0, 0.05) is 24.0 Å². The molecule has 4 nitrogen and oxygen atoms in total. The van der Waals surface area contributed by atoms with E-state index in [1.54, 1.807) is 0 Å². The summed E-state index contributed by atoms with van der Waals surface area (Å²) in [5, 5.41) is 8.87. The quantitative estimate of drug-likeness (QED) is 0.891. The van der Waals surface area contributed by atoms with Gasteiger partial charge in [0.1, 0.15) is 0 Å². The van der Waals surface area contributed by atoms with Crippen molar-refractivity contribution in [1.82, 2.24) is 4.90 Å². The van der Waals surface area contributed by atoms with Crippen LogP contribution in [0.25, 0.3) is 0 Å². The lowest BCUT2D eigenvalue weighted by molar-refractivity contribution is -0.139. The van der Waals surface area contributed by atoms with Gasteiger partial charge in [-0.05, 0) is 49.3 Å². The fraction of sp³-hybridized carbons (Fsp3) is 0.529. The maximum atomic E-state index is 12.9. The summed E-state index contributed by atoms with van der Waals surface area (Å²) in [6.45, 7) is 1.37. The third-order valence-corrected chi connectivity index (χ3v) is 5.39. The van der Waals surface area contributed by atoms with Gasteiger partial charge in [0.2, 0.25) is 5.91 Å². The fourth-order valence-corrected chi connectivity index (χ4v) is 3.83. The Morgan fingerprint density at radius 2 is 1.95 bits per heavy atom. The molecular formula is C17H20BrNO3. The van der Waals surface area contributed by atoms with Gasteiger partial charge in [-0.3, -0.25) is 9.59 Å². The molecule has 1 saturated carbocycles. The molecule has 1 aromatic carbocycles. The lowest BCUT2D eigenvalue weighted by Gasteiger charge is -2.34. The zero-order valence-electron chi connectivity index (χ0n) is 12.4. The highest BCUT2D eigenvalue weighted by Gasteiger charge is 2.53. The van der Waals surface area contributed by atoms with Crippen LogP contribution in [0.4, 0.5) is 0 Å². The Kier molecular flexibility index (Phi) is 4.26. The molecule has 1 aliphatic carbocycles. The molecule has 1 amide bonds. The largest absolute Gasteiger partial charge is 0.481 e. The summed E-state index contributed by atoms with van der Waals surface area (Å²) in [4.78, 5) is 25.6. The normalized spacial score (nSPS) is 20.7. The van der Waals surface area contributed by atoms with E-state index in [0.29, 0.717) is 13.1 Å². The van der Waals surface area contributed by atoms with Crippen molar-refractivity contribution >= 4 is 27.8 Å². The van der Waals surface area contributed by atoms with E-state index in [4.69, 9.17) is 5.11 Å². The predicted octanol–water partition coefficient (Wildman–Crippen LogP) is 3.19. The minimum absolute atomic E-state index is 0.211. The average molecular weight is 366 g/mol. The van der Waals surface area contributed by atoms with Gasteiger partial charge in [0.05, 0.1) is 5.41 Å². The van der Waals surface area contributed by atoms with Gasteiger partial charge in [-0.25, -0.2) is 0 Å². The summed E-state index contributed by atoms with van der Waals surface area (Å²) in [5.74, 6) is -0.306. The monoisotopic (exact) mass is 365 g/mol. The number of amides is 1. The van der Waals surface area contributed by atoms with Crippen LogP contribution in [0.1, 0.15) is 37.7 Å². The zero-order valence-corrected chi connectivity index (χ0v) is 14.0. The van der Waals surface area contributed by atoms with E-state index in [1.807, 2.05) is 29.2 Å². The molecule has 1 saturated heterocycles. The van der Waals surface area contributed by atoms with Crippen LogP contribution in [-0.4, -0.2) is 35.0 Å². The number of carbonyl (C=O) groups is 2. The molecule has 1 aromatic rings. The number of carboxylic acids is 1. The molecule has 0 aromatic heterocycles. The van der Waals surface area contributed by atoms with Crippen molar-refractivity contribution in [1.29, 1.82) is 0 Å². The van der Waals surface area contributed by atoms with Crippen molar-refractivity contribution in [2.45, 2.75) is 37.5 Å². The summed E-state index contributed by atoms with van der Waals surface area (Å²) in [5.41, 5.74) is 0.767. The van der Waals surface area contributed by atoms with Crippen LogP contribution in [0, 0.1) is 5.92 Å². The number of carbonyl (C=O) groups excluding carboxylic acids is 1. The molecule has 1 aliphatic heterocycles. The zero-order chi connectivity index (χ0) is 15.7. The molecule has 0 bridgehead atoms. The molecule has 1 N–H and O–H groups in total. The number of piperidine rings is 1. The molecule has 0 radical (unpaired) electrons. The lowest BCUT2D eigenvalue weighted by Crippen LogP contribution is -2.44. The van der Waals surface area contributed by atoms with Crippen molar-refractivity contribution < 1.29 is 14.7 Å². The van der Waals surface area contributed by atoms with Gasteiger partial charge in [-0.1, -0.05) is 28.1 Å². The van der Waals surface area contributed by atoms with Crippen molar-refractivity contribution in [2.75, 3.05) is 13.1 Å². The first-order chi connectivity index (χ1) is 10.5. The second-order valence-electron chi connectivity index (χ2n) is 6.43. The van der Waals surface area contributed by atoms with Crippen LogP contribution in [0.3, 0.4) is 0 Å². The first-order valence-corrected chi connectivity index (χ1v) is 8.58. The smallest absolute Gasteiger partial charge is 0.303 e. The van der Waals surface area contributed by atoms with Crippen LogP contribution in [-0.2, 0) is 15.0 Å². The van der Waals surface area contributed by atoms with Gasteiger partial charge in [0.25, 0.3) is 0 Å². The number of hydrogen-bond donors (Lipinski definition) is 1. The summed E-state index contributed by atoms with van der Waals surface area (Å²) in [6, 6.07) is 8.03. The van der Waals surface area contributed by atoms with E-state index in [0.717, 1.165) is 35.7 Å². The average Bonchev–Trinajstić information content (AvgIpc) is 3.28. The van der Waals surface area contributed by atoms with Gasteiger partial charge < -0.3 is 10.0 Å². The molecule has 3 rings (SSSR count). The Hall–Kier alpha value is -1.36. The number of halogens is 1. The van der Waals surface area contributed by atoms with Crippen LogP contribution < -0.4 is 0 Å². The summed E-state index contributed by atoms with van der Waals surface area (Å²) in [6.07, 6.45) is 3.65. The van der Waals surface area contributed by atoms with E-state index < -0.39 is 5.97 Å². The first kappa shape index (κ1) is 15.5. The van der Waals surface area contributed by atoms with Crippen LogP contribution in [0.5, 0.6) is 0 Å². The second kappa shape index (κ2) is 6.03. The first-order valence-electron chi connectivity index (χ1n) is 7.78. The molecule has 2 fully saturated rings. The van der Waals surface area contributed by atoms with Crippen molar-refractivity contribution in [3.63, 3.8) is 0 Å². The van der Waals surface area contributed by atoms with Gasteiger partial charge >= 0.3 is 5.97 Å². The predicted molar refractivity (Wildman–Crippen MR) is 86.6 cm³/mol. The second-order valence-corrected chi connectivity index (χ2v) is 7.34. The Bertz CT molecular complexity index is 589. The molecule has 22 heavy (non-hydrogen) atoms. The van der Waals surface area contributed by atoms with Gasteiger partial charge in [0.15, 0.2) is 0 Å². The SMILES string of the molecule is O=C(O)CC1CCN(C(=O)C2(c3cccc(Br)c3)CC2)CC1. The molecule has 0 spiro atoms. The van der Waals surface area contributed by atoms with Crippen molar-refractivity contribution in [2.24, 2.45) is 5.92 Å². The van der Waals surface area contributed by atoms with Crippen molar-refractivity contribution in [3.8, 4) is 0 Å². The Labute approximate surface area is 138 Å². The maximum Gasteiger partial charge on any atom is 0.303 e. The topological polar surface area (TPSA) is 57.6 Å². The standard InChI is InChI=1S/C17H20BrNO3/c18-14-3-1-2-13(11-14)17(6-7-17)16(22)19-8-4-12(5-9-19)10-15(20)21/h1-3,11-12H,4-10H2,(H,20,21). The minimum atomic E-state index is -0.738. The number of likely N-dealkylation sites (tertiary alicyclic amines) is 1. The Morgan fingerprint density at radius 1 is 1.27 bits per heavy atom. The Balaban J connectivity index is 1.66. The minimum Gasteiger partial charge on any atom is -0.481 e. The number of carboxylic acid groups (broad SMARTS) is 1. The number of benzene rings is 1. The molecule has 5 heteroatoms. The van der Waals surface area contributed by atoms with E-state index >= 15 is 0 Å². The number of hydrogen-bond acceptors (Lipinski definition) is 2.